The Morgan fingerprint density at radius 1 is 1.33 bits per heavy atom. The maximum Gasteiger partial charge on any atom is 0.338 e. The van der Waals surface area contributed by atoms with E-state index < -0.39 is 0 Å². The minimum absolute atomic E-state index is 0.0187. The van der Waals surface area contributed by atoms with Crippen LogP contribution in [0.15, 0.2) is 12.1 Å². The molecule has 27 heavy (non-hydrogen) atoms. The number of aliphatic hydroxyl groups excluding tert-OH is 1. The zero-order valence-corrected chi connectivity index (χ0v) is 16.7. The summed E-state index contributed by atoms with van der Waals surface area (Å²) in [4.78, 5) is 21.5. The van der Waals surface area contributed by atoms with Crippen molar-refractivity contribution in [2.45, 2.75) is 38.5 Å². The van der Waals surface area contributed by atoms with Crippen LogP contribution in [0.25, 0.3) is 10.2 Å². The normalized spacial score (nSPS) is 23.1. The summed E-state index contributed by atoms with van der Waals surface area (Å²) in [7, 11) is 1.38. The summed E-state index contributed by atoms with van der Waals surface area (Å²) < 4.78 is 11.7. The van der Waals surface area contributed by atoms with Gasteiger partial charge in [0.25, 0.3) is 0 Å². The van der Waals surface area contributed by atoms with Gasteiger partial charge in [-0.05, 0) is 32.4 Å². The van der Waals surface area contributed by atoms with Crippen LogP contribution in [0.5, 0.6) is 5.75 Å². The first-order valence-corrected chi connectivity index (χ1v) is 10.1. The van der Waals surface area contributed by atoms with Gasteiger partial charge in [-0.15, -0.1) is 0 Å². The molecule has 0 radical (unpaired) electrons. The lowest BCUT2D eigenvalue weighted by Gasteiger charge is -2.37. The number of aliphatic hydroxyl groups is 1. The first-order chi connectivity index (χ1) is 12.9. The number of rotatable bonds is 4. The highest BCUT2D eigenvalue weighted by Gasteiger charge is 2.36. The lowest BCUT2D eigenvalue weighted by Crippen LogP contribution is -2.50. The van der Waals surface area contributed by atoms with E-state index in [0.29, 0.717) is 17.4 Å². The molecule has 3 heterocycles. The van der Waals surface area contributed by atoms with Crippen molar-refractivity contribution in [3.8, 4) is 5.75 Å². The molecule has 2 fully saturated rings. The zero-order chi connectivity index (χ0) is 19.1. The molecule has 146 valence electrons. The van der Waals surface area contributed by atoms with Gasteiger partial charge in [0.15, 0.2) is 5.13 Å². The Balaban J connectivity index is 1.67. The van der Waals surface area contributed by atoms with Crippen LogP contribution < -0.4 is 9.64 Å². The maximum absolute atomic E-state index is 12.0. The Morgan fingerprint density at radius 3 is 2.89 bits per heavy atom. The van der Waals surface area contributed by atoms with Gasteiger partial charge in [-0.3, -0.25) is 4.90 Å². The Kier molecular flexibility index (Phi) is 4.96. The van der Waals surface area contributed by atoms with Crippen molar-refractivity contribution in [2.24, 2.45) is 0 Å². The van der Waals surface area contributed by atoms with Crippen molar-refractivity contribution >= 4 is 32.7 Å². The Morgan fingerprint density at radius 2 is 2.15 bits per heavy atom. The van der Waals surface area contributed by atoms with Crippen LogP contribution in [0.1, 0.15) is 30.6 Å². The Bertz CT molecular complexity index is 853. The van der Waals surface area contributed by atoms with Crippen LogP contribution in [-0.2, 0) is 4.74 Å². The molecule has 2 saturated heterocycles. The van der Waals surface area contributed by atoms with Crippen LogP contribution in [0.3, 0.4) is 0 Å². The lowest BCUT2D eigenvalue weighted by molar-refractivity contribution is 0.0600. The predicted octanol–water partition coefficient (Wildman–Crippen LogP) is 2.13. The zero-order valence-electron chi connectivity index (χ0n) is 15.8. The monoisotopic (exact) mass is 391 g/mol. The number of nitrogens with zero attached hydrogens (tertiary/aromatic N) is 3. The second-order valence-electron chi connectivity index (χ2n) is 7.46. The molecule has 0 amide bonds. The van der Waals surface area contributed by atoms with Crippen molar-refractivity contribution in [1.82, 2.24) is 9.88 Å². The van der Waals surface area contributed by atoms with E-state index in [2.05, 4.69) is 9.80 Å². The molecule has 4 rings (SSSR count). The average molecular weight is 391 g/mol. The van der Waals surface area contributed by atoms with Crippen LogP contribution >= 0.6 is 11.3 Å². The SMILES string of the molecule is COC(=O)c1cc(OC(C)C)c2nc(N3CCN4C[C@H](O)C[C@@H]4C3)sc2c1. The number of hydrogen-bond donors (Lipinski definition) is 1. The molecule has 0 spiro atoms. The number of esters is 1. The van der Waals surface area contributed by atoms with Crippen molar-refractivity contribution in [2.75, 3.05) is 38.2 Å². The molecule has 1 aromatic heterocycles. The van der Waals surface area contributed by atoms with Gasteiger partial charge in [0, 0.05) is 32.2 Å². The molecule has 2 aromatic rings. The van der Waals surface area contributed by atoms with Gasteiger partial charge in [-0.2, -0.15) is 0 Å². The third kappa shape index (κ3) is 3.61. The highest BCUT2D eigenvalue weighted by Crippen LogP contribution is 2.37. The first-order valence-electron chi connectivity index (χ1n) is 9.31. The van der Waals surface area contributed by atoms with Crippen molar-refractivity contribution in [1.29, 1.82) is 0 Å². The summed E-state index contributed by atoms with van der Waals surface area (Å²) >= 11 is 1.57. The summed E-state index contributed by atoms with van der Waals surface area (Å²) in [6.07, 6.45) is 0.573. The second kappa shape index (κ2) is 7.26. The van der Waals surface area contributed by atoms with Gasteiger partial charge in [-0.1, -0.05) is 11.3 Å². The summed E-state index contributed by atoms with van der Waals surface area (Å²) in [6.45, 7) is 7.35. The number of hydrogen-bond acceptors (Lipinski definition) is 8. The number of piperazine rings is 1. The van der Waals surface area contributed by atoms with Crippen molar-refractivity contribution in [3.63, 3.8) is 0 Å². The molecule has 2 atom stereocenters. The molecule has 8 heteroatoms. The summed E-state index contributed by atoms with van der Waals surface area (Å²) in [5, 5.41) is 10.9. The van der Waals surface area contributed by atoms with Crippen LogP contribution in [0.4, 0.5) is 5.13 Å². The number of fused-ring (bicyclic) bond motifs is 2. The number of carbonyl (C=O) groups excluding carboxylic acids is 1. The number of benzene rings is 1. The quantitative estimate of drug-likeness (QED) is 0.800. The van der Waals surface area contributed by atoms with Gasteiger partial charge in [-0.25, -0.2) is 9.78 Å². The molecule has 0 unspecified atom stereocenters. The number of thiazole rings is 1. The molecule has 0 bridgehead atoms. The van der Waals surface area contributed by atoms with Gasteiger partial charge in [0.05, 0.1) is 29.6 Å². The van der Waals surface area contributed by atoms with Gasteiger partial charge < -0.3 is 19.5 Å². The van der Waals surface area contributed by atoms with E-state index >= 15 is 0 Å². The second-order valence-corrected chi connectivity index (χ2v) is 8.47. The van der Waals surface area contributed by atoms with Crippen LogP contribution in [0.2, 0.25) is 0 Å². The standard InChI is InChI=1S/C19H25N3O4S/c1-11(2)26-15-6-12(18(24)25-3)7-16-17(15)20-19(27-16)22-5-4-21-10-14(23)8-13(21)9-22/h6-7,11,13-14,23H,4-5,8-10H2,1-3H3/t13-,14-/m1/s1. The number of carbonyl (C=O) groups is 1. The predicted molar refractivity (Wildman–Crippen MR) is 105 cm³/mol. The third-order valence-electron chi connectivity index (χ3n) is 5.10. The number of aromatic nitrogens is 1. The van der Waals surface area contributed by atoms with E-state index in [4.69, 9.17) is 14.5 Å². The molecule has 1 N–H and O–H groups in total. The molecule has 7 nitrogen and oxygen atoms in total. The molecule has 0 saturated carbocycles. The van der Waals surface area contributed by atoms with E-state index in [0.717, 1.165) is 47.9 Å². The number of ether oxygens (including phenoxy) is 2. The fourth-order valence-corrected chi connectivity index (χ4v) is 4.95. The largest absolute Gasteiger partial charge is 0.489 e. The molecule has 0 aliphatic carbocycles. The van der Waals surface area contributed by atoms with E-state index in [9.17, 15) is 9.90 Å². The van der Waals surface area contributed by atoms with Gasteiger partial charge in [0.1, 0.15) is 11.3 Å². The fourth-order valence-electron chi connectivity index (χ4n) is 3.89. The molecule has 1 aromatic carbocycles. The molecular formula is C19H25N3O4S. The van der Waals surface area contributed by atoms with Crippen molar-refractivity contribution < 1.29 is 19.4 Å². The van der Waals surface area contributed by atoms with Gasteiger partial charge in [0.2, 0.25) is 0 Å². The third-order valence-corrected chi connectivity index (χ3v) is 6.16. The average Bonchev–Trinajstić information content (AvgIpc) is 3.22. The molecule has 2 aliphatic heterocycles. The summed E-state index contributed by atoms with van der Waals surface area (Å²) in [6, 6.07) is 3.91. The van der Waals surface area contributed by atoms with E-state index in [1.807, 2.05) is 19.9 Å². The summed E-state index contributed by atoms with van der Waals surface area (Å²) in [5.74, 6) is 0.231. The number of anilines is 1. The van der Waals surface area contributed by atoms with Crippen molar-refractivity contribution in [3.05, 3.63) is 17.7 Å². The smallest absolute Gasteiger partial charge is 0.338 e. The maximum atomic E-state index is 12.0. The minimum atomic E-state index is -0.381. The Hall–Kier alpha value is -1.90. The van der Waals surface area contributed by atoms with Crippen LogP contribution in [-0.4, -0.2) is 72.5 Å². The minimum Gasteiger partial charge on any atom is -0.489 e. The van der Waals surface area contributed by atoms with E-state index in [-0.39, 0.29) is 18.2 Å². The Labute approximate surface area is 162 Å². The lowest BCUT2D eigenvalue weighted by atomic mass is 10.1. The van der Waals surface area contributed by atoms with E-state index in [1.54, 1.807) is 17.4 Å². The molecule has 2 aliphatic rings. The van der Waals surface area contributed by atoms with Gasteiger partial charge >= 0.3 is 5.97 Å². The van der Waals surface area contributed by atoms with E-state index in [1.165, 1.54) is 7.11 Å². The van der Waals surface area contributed by atoms with Crippen LogP contribution in [0, 0.1) is 0 Å². The molecular weight excluding hydrogens is 366 g/mol. The topological polar surface area (TPSA) is 75.1 Å². The highest BCUT2D eigenvalue weighted by atomic mass is 32.1. The highest BCUT2D eigenvalue weighted by molar-refractivity contribution is 7.22. The fraction of sp³-hybridized carbons (Fsp3) is 0.579. The first kappa shape index (κ1) is 18.5. The number of methoxy groups -OCH3 is 1. The summed E-state index contributed by atoms with van der Waals surface area (Å²) in [5.41, 5.74) is 1.25.